The molecule has 0 saturated carbocycles. The SMILES string of the molecule is CCCOc1ccc(NC(=O)c2cc3cccc(OC)c3o2)cc1. The number of carbonyl (C=O) groups excluding carboxylic acids is 1. The van der Waals surface area contributed by atoms with E-state index in [0.29, 0.717) is 23.6 Å². The lowest BCUT2D eigenvalue weighted by Crippen LogP contribution is -2.10. The average molecular weight is 325 g/mol. The Balaban J connectivity index is 1.75. The first-order valence-corrected chi connectivity index (χ1v) is 7.82. The summed E-state index contributed by atoms with van der Waals surface area (Å²) in [6.07, 6.45) is 0.952. The first-order valence-electron chi connectivity index (χ1n) is 7.82. The Morgan fingerprint density at radius 3 is 2.67 bits per heavy atom. The van der Waals surface area contributed by atoms with Crippen LogP contribution in [0.2, 0.25) is 0 Å². The van der Waals surface area contributed by atoms with Crippen molar-refractivity contribution in [2.24, 2.45) is 0 Å². The molecule has 0 atom stereocenters. The van der Waals surface area contributed by atoms with Crippen LogP contribution in [0, 0.1) is 0 Å². The topological polar surface area (TPSA) is 60.7 Å². The summed E-state index contributed by atoms with van der Waals surface area (Å²) in [5, 5.41) is 3.63. The number of anilines is 1. The molecule has 24 heavy (non-hydrogen) atoms. The van der Waals surface area contributed by atoms with Crippen LogP contribution < -0.4 is 14.8 Å². The Bertz CT molecular complexity index is 836. The van der Waals surface area contributed by atoms with Gasteiger partial charge in [-0.15, -0.1) is 0 Å². The largest absolute Gasteiger partial charge is 0.494 e. The Labute approximate surface area is 140 Å². The predicted octanol–water partition coefficient (Wildman–Crippen LogP) is 4.48. The molecular weight excluding hydrogens is 306 g/mol. The number of fused-ring (bicyclic) bond motifs is 1. The first-order chi connectivity index (χ1) is 11.7. The molecule has 0 aliphatic rings. The van der Waals surface area contributed by atoms with E-state index in [0.717, 1.165) is 17.6 Å². The maximum absolute atomic E-state index is 12.4. The van der Waals surface area contributed by atoms with E-state index >= 15 is 0 Å². The standard InChI is InChI=1S/C19H19NO4/c1-3-11-23-15-9-7-14(8-10-15)20-19(21)17-12-13-5-4-6-16(22-2)18(13)24-17/h4-10,12H,3,11H2,1-2H3,(H,20,21). The number of hydrogen-bond donors (Lipinski definition) is 1. The van der Waals surface area contributed by atoms with Gasteiger partial charge < -0.3 is 19.2 Å². The molecule has 5 heteroatoms. The van der Waals surface area contributed by atoms with Crippen LogP contribution >= 0.6 is 0 Å². The van der Waals surface area contributed by atoms with Gasteiger partial charge in [0, 0.05) is 11.1 Å². The molecule has 0 aliphatic heterocycles. The van der Waals surface area contributed by atoms with Gasteiger partial charge in [-0.1, -0.05) is 19.1 Å². The van der Waals surface area contributed by atoms with Crippen molar-refractivity contribution in [3.63, 3.8) is 0 Å². The molecule has 0 unspecified atom stereocenters. The summed E-state index contributed by atoms with van der Waals surface area (Å²) in [7, 11) is 1.57. The normalized spacial score (nSPS) is 10.6. The minimum atomic E-state index is -0.310. The highest BCUT2D eigenvalue weighted by Gasteiger charge is 2.15. The third-order valence-electron chi connectivity index (χ3n) is 3.54. The van der Waals surface area contributed by atoms with Crippen molar-refractivity contribution in [2.45, 2.75) is 13.3 Å². The number of carbonyl (C=O) groups is 1. The van der Waals surface area contributed by atoms with Crippen LogP contribution in [0.4, 0.5) is 5.69 Å². The van der Waals surface area contributed by atoms with Gasteiger partial charge in [0.1, 0.15) is 5.75 Å². The molecule has 0 spiro atoms. The van der Waals surface area contributed by atoms with E-state index in [1.165, 1.54) is 0 Å². The summed E-state index contributed by atoms with van der Waals surface area (Å²) < 4.78 is 16.4. The van der Waals surface area contributed by atoms with Crippen LogP contribution in [0.25, 0.3) is 11.0 Å². The van der Waals surface area contributed by atoms with E-state index in [1.807, 2.05) is 24.3 Å². The summed E-state index contributed by atoms with van der Waals surface area (Å²) in [5.74, 6) is 1.31. The molecule has 1 amide bonds. The smallest absolute Gasteiger partial charge is 0.291 e. The maximum atomic E-state index is 12.4. The second-order valence-corrected chi connectivity index (χ2v) is 5.32. The number of para-hydroxylation sites is 1. The zero-order valence-corrected chi connectivity index (χ0v) is 13.7. The van der Waals surface area contributed by atoms with Crippen molar-refractivity contribution in [1.29, 1.82) is 0 Å². The minimum absolute atomic E-state index is 0.237. The van der Waals surface area contributed by atoms with E-state index < -0.39 is 0 Å². The summed E-state index contributed by atoms with van der Waals surface area (Å²) >= 11 is 0. The molecule has 0 saturated heterocycles. The summed E-state index contributed by atoms with van der Waals surface area (Å²) in [5.41, 5.74) is 1.24. The Morgan fingerprint density at radius 2 is 1.96 bits per heavy atom. The summed E-state index contributed by atoms with van der Waals surface area (Å²) in [4.78, 5) is 12.4. The monoisotopic (exact) mass is 325 g/mol. The van der Waals surface area contributed by atoms with Crippen LogP contribution in [0.1, 0.15) is 23.9 Å². The first kappa shape index (κ1) is 15.9. The molecule has 1 aromatic heterocycles. The van der Waals surface area contributed by atoms with Gasteiger partial charge in [-0.05, 0) is 42.8 Å². The van der Waals surface area contributed by atoms with Gasteiger partial charge in [-0.2, -0.15) is 0 Å². The number of ether oxygens (including phenoxy) is 2. The fraction of sp³-hybridized carbons (Fsp3) is 0.211. The van der Waals surface area contributed by atoms with Crippen molar-refractivity contribution in [3.8, 4) is 11.5 Å². The third kappa shape index (κ3) is 3.35. The molecular formula is C19H19NO4. The molecule has 5 nitrogen and oxygen atoms in total. The Morgan fingerprint density at radius 1 is 1.17 bits per heavy atom. The molecule has 1 N–H and O–H groups in total. The van der Waals surface area contributed by atoms with Crippen LogP contribution in [0.15, 0.2) is 52.9 Å². The zero-order chi connectivity index (χ0) is 16.9. The maximum Gasteiger partial charge on any atom is 0.291 e. The molecule has 0 radical (unpaired) electrons. The van der Waals surface area contributed by atoms with Gasteiger partial charge in [0.2, 0.25) is 0 Å². The highest BCUT2D eigenvalue weighted by Crippen LogP contribution is 2.28. The number of rotatable bonds is 6. The molecule has 3 rings (SSSR count). The zero-order valence-electron chi connectivity index (χ0n) is 13.7. The lowest BCUT2D eigenvalue weighted by atomic mass is 10.2. The summed E-state index contributed by atoms with van der Waals surface area (Å²) in [6, 6.07) is 14.5. The second-order valence-electron chi connectivity index (χ2n) is 5.32. The highest BCUT2D eigenvalue weighted by atomic mass is 16.5. The van der Waals surface area contributed by atoms with Crippen molar-refractivity contribution >= 4 is 22.6 Å². The molecule has 124 valence electrons. The van der Waals surface area contributed by atoms with Crippen LogP contribution in [-0.2, 0) is 0 Å². The number of benzene rings is 2. The summed E-state index contributed by atoms with van der Waals surface area (Å²) in [6.45, 7) is 2.73. The van der Waals surface area contributed by atoms with Gasteiger partial charge in [-0.25, -0.2) is 0 Å². The number of nitrogens with one attached hydrogen (secondary N) is 1. The quantitative estimate of drug-likeness (QED) is 0.726. The Hall–Kier alpha value is -2.95. The molecule has 0 bridgehead atoms. The highest BCUT2D eigenvalue weighted by molar-refractivity contribution is 6.05. The molecule has 0 aliphatic carbocycles. The van der Waals surface area contributed by atoms with Crippen molar-refractivity contribution in [2.75, 3.05) is 19.0 Å². The number of amides is 1. The fourth-order valence-electron chi connectivity index (χ4n) is 2.36. The number of hydrogen-bond acceptors (Lipinski definition) is 4. The molecule has 1 heterocycles. The van der Waals surface area contributed by atoms with Crippen molar-refractivity contribution in [1.82, 2.24) is 0 Å². The van der Waals surface area contributed by atoms with Gasteiger partial charge in [0.05, 0.1) is 13.7 Å². The van der Waals surface area contributed by atoms with Crippen LogP contribution in [0.5, 0.6) is 11.5 Å². The second kappa shape index (κ2) is 7.08. The predicted molar refractivity (Wildman–Crippen MR) is 92.9 cm³/mol. The van der Waals surface area contributed by atoms with E-state index in [2.05, 4.69) is 12.2 Å². The lowest BCUT2D eigenvalue weighted by Gasteiger charge is -2.06. The Kier molecular flexibility index (Phi) is 4.70. The van der Waals surface area contributed by atoms with Crippen LogP contribution in [-0.4, -0.2) is 19.6 Å². The van der Waals surface area contributed by atoms with E-state index in [1.54, 1.807) is 31.4 Å². The number of methoxy groups -OCH3 is 1. The fourth-order valence-corrected chi connectivity index (χ4v) is 2.36. The van der Waals surface area contributed by atoms with Crippen molar-refractivity contribution < 1.29 is 18.7 Å². The van der Waals surface area contributed by atoms with Crippen molar-refractivity contribution in [3.05, 3.63) is 54.3 Å². The van der Waals surface area contributed by atoms with Crippen LogP contribution in [0.3, 0.4) is 0 Å². The van der Waals surface area contributed by atoms with E-state index in [-0.39, 0.29) is 11.7 Å². The lowest BCUT2D eigenvalue weighted by molar-refractivity contribution is 0.0998. The van der Waals surface area contributed by atoms with E-state index in [9.17, 15) is 4.79 Å². The van der Waals surface area contributed by atoms with Gasteiger partial charge in [0.25, 0.3) is 5.91 Å². The third-order valence-corrected chi connectivity index (χ3v) is 3.54. The van der Waals surface area contributed by atoms with Gasteiger partial charge in [0.15, 0.2) is 17.1 Å². The number of furan rings is 1. The molecule has 2 aromatic carbocycles. The van der Waals surface area contributed by atoms with Gasteiger partial charge >= 0.3 is 0 Å². The molecule has 3 aromatic rings. The van der Waals surface area contributed by atoms with Gasteiger partial charge in [-0.3, -0.25) is 4.79 Å². The molecule has 0 fully saturated rings. The average Bonchev–Trinajstić information content (AvgIpc) is 3.05. The minimum Gasteiger partial charge on any atom is -0.494 e. The van der Waals surface area contributed by atoms with E-state index in [4.69, 9.17) is 13.9 Å².